The second kappa shape index (κ2) is 4.04. The molecule has 0 saturated heterocycles. The lowest BCUT2D eigenvalue weighted by Crippen LogP contribution is -1.90. The van der Waals surface area contributed by atoms with Crippen molar-refractivity contribution in [1.82, 2.24) is 9.97 Å². The fourth-order valence-electron chi connectivity index (χ4n) is 0.619. The molecule has 0 N–H and O–H groups in total. The third-order valence-corrected chi connectivity index (χ3v) is 1.63. The summed E-state index contributed by atoms with van der Waals surface area (Å²) in [6, 6.07) is 0. The van der Waals surface area contributed by atoms with Crippen molar-refractivity contribution in [1.29, 1.82) is 0 Å². The smallest absolute Gasteiger partial charge is 0.258 e. The van der Waals surface area contributed by atoms with Crippen LogP contribution in [0, 0.1) is 10.1 Å². The quantitative estimate of drug-likeness (QED) is 0.528. The van der Waals surface area contributed by atoms with Crippen molar-refractivity contribution >= 4 is 22.3 Å². The highest BCUT2D eigenvalue weighted by Crippen LogP contribution is 2.10. The summed E-state index contributed by atoms with van der Waals surface area (Å²) in [5.74, 6) is 0.291. The van der Waals surface area contributed by atoms with Crippen LogP contribution in [0.25, 0.3) is 0 Å². The maximum absolute atomic E-state index is 10.2. The van der Waals surface area contributed by atoms with Gasteiger partial charge in [0.05, 0.1) is 4.92 Å². The SMILES string of the molecule is CS(C)=Nc1ncc([N+](=O)[O-])cn1. The van der Waals surface area contributed by atoms with E-state index in [0.29, 0.717) is 5.95 Å². The molecule has 0 spiro atoms. The molecule has 0 aromatic carbocycles. The Kier molecular flexibility index (Phi) is 3.02. The highest BCUT2D eigenvalue weighted by molar-refractivity contribution is 7.85. The zero-order valence-corrected chi connectivity index (χ0v) is 7.98. The molecule has 0 atom stereocenters. The molecule has 0 aliphatic carbocycles. The Morgan fingerprint density at radius 1 is 1.46 bits per heavy atom. The Morgan fingerprint density at radius 3 is 2.38 bits per heavy atom. The lowest BCUT2D eigenvalue weighted by atomic mass is 10.6. The van der Waals surface area contributed by atoms with Crippen LogP contribution in [0.15, 0.2) is 16.8 Å². The molecular weight excluding hydrogens is 192 g/mol. The first-order chi connectivity index (χ1) is 6.09. The van der Waals surface area contributed by atoms with E-state index in [1.54, 1.807) is 0 Å². The summed E-state index contributed by atoms with van der Waals surface area (Å²) in [5, 5.41) is 10.2. The van der Waals surface area contributed by atoms with Gasteiger partial charge in [0.25, 0.3) is 5.95 Å². The van der Waals surface area contributed by atoms with Gasteiger partial charge in [0, 0.05) is 0 Å². The molecule has 0 amide bonds. The largest absolute Gasteiger partial charge is 0.305 e. The summed E-state index contributed by atoms with van der Waals surface area (Å²) in [7, 11) is -0.154. The third-order valence-electron chi connectivity index (χ3n) is 1.10. The molecule has 0 bridgehead atoms. The molecule has 0 aliphatic rings. The number of hydrogen-bond donors (Lipinski definition) is 0. The molecule has 0 fully saturated rings. The summed E-state index contributed by atoms with van der Waals surface area (Å²) in [6.45, 7) is 0. The van der Waals surface area contributed by atoms with Gasteiger partial charge >= 0.3 is 5.69 Å². The molecule has 1 aromatic rings. The molecule has 0 aliphatic heterocycles. The van der Waals surface area contributed by atoms with Gasteiger partial charge in [-0.1, -0.05) is 10.7 Å². The van der Waals surface area contributed by atoms with Crippen LogP contribution >= 0.6 is 0 Å². The molecule has 0 saturated carbocycles. The van der Waals surface area contributed by atoms with Crippen LogP contribution in [0.5, 0.6) is 0 Å². The van der Waals surface area contributed by atoms with Gasteiger partial charge in [-0.25, -0.2) is 9.97 Å². The average Bonchev–Trinajstić information content (AvgIpc) is 2.04. The second-order valence-corrected chi connectivity index (χ2v) is 4.09. The lowest BCUT2D eigenvalue weighted by Gasteiger charge is -1.92. The topological polar surface area (TPSA) is 81.3 Å². The molecule has 13 heavy (non-hydrogen) atoms. The van der Waals surface area contributed by atoms with Crippen LogP contribution in [0.3, 0.4) is 0 Å². The first-order valence-electron chi connectivity index (χ1n) is 3.35. The molecule has 0 radical (unpaired) electrons. The molecule has 6 nitrogen and oxygen atoms in total. The van der Waals surface area contributed by atoms with Crippen LogP contribution in [0.4, 0.5) is 11.6 Å². The number of hydrogen-bond acceptors (Lipinski definition) is 5. The van der Waals surface area contributed by atoms with Crippen molar-refractivity contribution < 1.29 is 4.92 Å². The van der Waals surface area contributed by atoms with E-state index >= 15 is 0 Å². The molecule has 1 aromatic heterocycles. The summed E-state index contributed by atoms with van der Waals surface area (Å²) in [4.78, 5) is 17.1. The maximum Gasteiger partial charge on any atom is 0.305 e. The summed E-state index contributed by atoms with van der Waals surface area (Å²) < 4.78 is 4.04. The molecule has 1 heterocycles. The Balaban J connectivity index is 2.94. The number of nitro groups is 1. The van der Waals surface area contributed by atoms with Crippen LogP contribution in [-0.2, 0) is 10.7 Å². The Hall–Kier alpha value is -1.37. The van der Waals surface area contributed by atoms with Crippen LogP contribution in [0.2, 0.25) is 0 Å². The molecular formula is C6H8N4O2S. The minimum atomic E-state index is -0.540. The predicted molar refractivity (Wildman–Crippen MR) is 50.0 cm³/mol. The van der Waals surface area contributed by atoms with Gasteiger partial charge < -0.3 is 0 Å². The van der Waals surface area contributed by atoms with Crippen LogP contribution in [-0.4, -0.2) is 27.4 Å². The molecule has 1 rings (SSSR count). The molecule has 0 unspecified atom stereocenters. The molecule has 70 valence electrons. The van der Waals surface area contributed by atoms with E-state index in [1.165, 1.54) is 0 Å². The van der Waals surface area contributed by atoms with E-state index in [-0.39, 0.29) is 16.4 Å². The van der Waals surface area contributed by atoms with Crippen LogP contribution < -0.4 is 0 Å². The van der Waals surface area contributed by atoms with Crippen molar-refractivity contribution in [2.24, 2.45) is 4.36 Å². The van der Waals surface area contributed by atoms with Crippen LogP contribution in [0.1, 0.15) is 0 Å². The summed E-state index contributed by atoms with van der Waals surface area (Å²) in [6.07, 6.45) is 6.12. The average molecular weight is 200 g/mol. The highest BCUT2D eigenvalue weighted by Gasteiger charge is 2.05. The summed E-state index contributed by atoms with van der Waals surface area (Å²) in [5.41, 5.74) is -0.119. The van der Waals surface area contributed by atoms with Crippen molar-refractivity contribution in [3.05, 3.63) is 22.5 Å². The van der Waals surface area contributed by atoms with Gasteiger partial charge in [0.2, 0.25) is 0 Å². The second-order valence-electron chi connectivity index (χ2n) is 2.36. The van der Waals surface area contributed by atoms with E-state index in [0.717, 1.165) is 12.4 Å². The van der Waals surface area contributed by atoms with E-state index < -0.39 is 4.92 Å². The Labute approximate surface area is 77.3 Å². The number of aromatic nitrogens is 2. The van der Waals surface area contributed by atoms with Crippen molar-refractivity contribution in [2.75, 3.05) is 12.5 Å². The monoisotopic (exact) mass is 200 g/mol. The first-order valence-corrected chi connectivity index (χ1v) is 5.35. The maximum atomic E-state index is 10.2. The summed E-state index contributed by atoms with van der Waals surface area (Å²) >= 11 is 0. The first kappa shape index (κ1) is 9.72. The predicted octanol–water partition coefficient (Wildman–Crippen LogP) is 1.08. The van der Waals surface area contributed by atoms with Crippen molar-refractivity contribution in [2.45, 2.75) is 0 Å². The van der Waals surface area contributed by atoms with E-state index in [4.69, 9.17) is 0 Å². The third kappa shape index (κ3) is 2.86. The lowest BCUT2D eigenvalue weighted by molar-refractivity contribution is -0.385. The fraction of sp³-hybridized carbons (Fsp3) is 0.333. The number of rotatable bonds is 2. The Bertz CT molecular complexity index is 344. The van der Waals surface area contributed by atoms with Crippen molar-refractivity contribution in [3.8, 4) is 0 Å². The number of nitrogens with zero attached hydrogens (tertiary/aromatic N) is 4. The minimum Gasteiger partial charge on any atom is -0.258 e. The van der Waals surface area contributed by atoms with E-state index in [9.17, 15) is 10.1 Å². The van der Waals surface area contributed by atoms with Gasteiger partial charge in [-0.15, -0.1) is 0 Å². The van der Waals surface area contributed by atoms with Gasteiger partial charge in [-0.05, 0) is 12.5 Å². The van der Waals surface area contributed by atoms with Gasteiger partial charge in [-0.3, -0.25) is 10.1 Å². The van der Waals surface area contributed by atoms with Gasteiger partial charge in [0.15, 0.2) is 0 Å². The standard InChI is InChI=1S/C6H8N4O2S/c1-13(2)9-6-7-3-5(4-8-6)10(11)12/h3-4H,1-2H3. The zero-order valence-electron chi connectivity index (χ0n) is 7.17. The zero-order chi connectivity index (χ0) is 9.84. The minimum absolute atomic E-state index is 0.119. The van der Waals surface area contributed by atoms with Gasteiger partial charge in [0.1, 0.15) is 12.4 Å². The van der Waals surface area contributed by atoms with E-state index in [2.05, 4.69) is 14.3 Å². The molecule has 7 heteroatoms. The fourth-order valence-corrected chi connectivity index (χ4v) is 1.04. The highest BCUT2D eigenvalue weighted by atomic mass is 32.2. The van der Waals surface area contributed by atoms with Crippen molar-refractivity contribution in [3.63, 3.8) is 0 Å². The normalized spacial score (nSPS) is 10.1. The van der Waals surface area contributed by atoms with E-state index in [1.807, 2.05) is 12.5 Å². The Morgan fingerprint density at radius 2 is 2.00 bits per heavy atom. The van der Waals surface area contributed by atoms with Gasteiger partial charge in [-0.2, -0.15) is 4.36 Å².